The van der Waals surface area contributed by atoms with Crippen LogP contribution in [0.3, 0.4) is 0 Å². The van der Waals surface area contributed by atoms with Crippen molar-refractivity contribution in [1.82, 2.24) is 0 Å². The lowest BCUT2D eigenvalue weighted by Crippen LogP contribution is -2.33. The maximum atomic E-state index is 11.3. The highest BCUT2D eigenvalue weighted by molar-refractivity contribution is 5.75. The molecule has 0 bridgehead atoms. The molecule has 1 aliphatic rings. The largest absolute Gasteiger partial charge is 0.481 e. The van der Waals surface area contributed by atoms with E-state index in [9.17, 15) is 9.90 Å². The Labute approximate surface area is 86.0 Å². The van der Waals surface area contributed by atoms with E-state index in [1.807, 2.05) is 0 Å². The van der Waals surface area contributed by atoms with Gasteiger partial charge in [0.15, 0.2) is 0 Å². The van der Waals surface area contributed by atoms with Crippen LogP contribution >= 0.6 is 0 Å². The summed E-state index contributed by atoms with van der Waals surface area (Å²) in [7, 11) is 0. The third kappa shape index (κ3) is 1.99. The summed E-state index contributed by atoms with van der Waals surface area (Å²) in [5.74, 6) is -0.605. The van der Waals surface area contributed by atoms with E-state index in [0.717, 1.165) is 32.1 Å². The van der Waals surface area contributed by atoms with Crippen LogP contribution in [0.25, 0.3) is 0 Å². The van der Waals surface area contributed by atoms with Gasteiger partial charge in [-0.25, -0.2) is 0 Å². The normalized spacial score (nSPS) is 27.9. The van der Waals surface area contributed by atoms with E-state index < -0.39 is 11.4 Å². The Morgan fingerprint density at radius 3 is 2.50 bits per heavy atom. The zero-order chi connectivity index (χ0) is 10.8. The zero-order valence-electron chi connectivity index (χ0n) is 9.39. The van der Waals surface area contributed by atoms with Gasteiger partial charge in [-0.2, -0.15) is 0 Å². The molecule has 0 aromatic carbocycles. The van der Waals surface area contributed by atoms with Crippen LogP contribution in [-0.2, 0) is 4.79 Å². The monoisotopic (exact) mass is 196 g/mol. The molecule has 0 heterocycles. The number of rotatable bonds is 3. The van der Waals surface area contributed by atoms with E-state index in [0.29, 0.717) is 0 Å². The van der Waals surface area contributed by atoms with Gasteiger partial charge in [-0.05, 0) is 39.5 Å². The molecule has 0 spiro atoms. The van der Waals surface area contributed by atoms with Crippen molar-refractivity contribution in [3.63, 3.8) is 0 Å². The molecule has 14 heavy (non-hydrogen) atoms. The van der Waals surface area contributed by atoms with E-state index in [1.165, 1.54) is 11.1 Å². The van der Waals surface area contributed by atoms with Crippen LogP contribution in [0.4, 0.5) is 0 Å². The average Bonchev–Trinajstić information content (AvgIpc) is 2.12. The number of aliphatic carboxylic acids is 1. The minimum absolute atomic E-state index is 0.460. The predicted octanol–water partition coefficient (Wildman–Crippen LogP) is 3.38. The van der Waals surface area contributed by atoms with Crippen LogP contribution in [0.1, 0.15) is 52.9 Å². The Morgan fingerprint density at radius 1 is 1.43 bits per heavy atom. The maximum Gasteiger partial charge on any atom is 0.309 e. The summed E-state index contributed by atoms with van der Waals surface area (Å²) in [5, 5.41) is 9.30. The van der Waals surface area contributed by atoms with Crippen LogP contribution in [0.5, 0.6) is 0 Å². The number of hydrogen-bond acceptors (Lipinski definition) is 1. The third-order valence-corrected chi connectivity index (χ3v) is 3.49. The minimum Gasteiger partial charge on any atom is -0.481 e. The highest BCUT2D eigenvalue weighted by atomic mass is 16.4. The number of carboxylic acid groups (broad SMARTS) is 1. The van der Waals surface area contributed by atoms with Crippen LogP contribution < -0.4 is 0 Å². The Morgan fingerprint density at radius 2 is 2.07 bits per heavy atom. The van der Waals surface area contributed by atoms with Gasteiger partial charge in [-0.3, -0.25) is 4.79 Å². The number of hydrogen-bond donors (Lipinski definition) is 1. The standard InChI is InChI=1S/C12H20O2/c1-4-6-12(11(13)14)7-5-9(2)10(3)8-12/h4-8H2,1-3H3,(H,13,14). The van der Waals surface area contributed by atoms with Gasteiger partial charge in [-0.15, -0.1) is 0 Å². The number of carbonyl (C=O) groups is 1. The Bertz CT molecular complexity index is 265. The van der Waals surface area contributed by atoms with Gasteiger partial charge in [-0.1, -0.05) is 24.5 Å². The summed E-state index contributed by atoms with van der Waals surface area (Å²) in [6.07, 6.45) is 4.30. The molecule has 0 aliphatic heterocycles. The van der Waals surface area contributed by atoms with Crippen molar-refractivity contribution < 1.29 is 9.90 Å². The van der Waals surface area contributed by atoms with E-state index in [1.54, 1.807) is 0 Å². The van der Waals surface area contributed by atoms with E-state index >= 15 is 0 Å². The minimum atomic E-state index is -0.605. The summed E-state index contributed by atoms with van der Waals surface area (Å²) in [4.78, 5) is 11.3. The van der Waals surface area contributed by atoms with Crippen LogP contribution in [0.2, 0.25) is 0 Å². The highest BCUT2D eigenvalue weighted by Crippen LogP contribution is 2.42. The lowest BCUT2D eigenvalue weighted by molar-refractivity contribution is -0.150. The SMILES string of the molecule is CCCC1(C(=O)O)CCC(C)=C(C)C1. The summed E-state index contributed by atoms with van der Waals surface area (Å²) in [6.45, 7) is 6.25. The second kappa shape index (κ2) is 4.16. The molecule has 1 rings (SSSR count). The van der Waals surface area contributed by atoms with Crippen molar-refractivity contribution in [2.45, 2.75) is 52.9 Å². The van der Waals surface area contributed by atoms with Crippen molar-refractivity contribution >= 4 is 5.97 Å². The molecular formula is C12H20O2. The molecule has 0 aromatic heterocycles. The molecule has 1 atom stereocenters. The van der Waals surface area contributed by atoms with Crippen molar-refractivity contribution in [3.05, 3.63) is 11.1 Å². The van der Waals surface area contributed by atoms with Gasteiger partial charge in [0.05, 0.1) is 5.41 Å². The van der Waals surface area contributed by atoms with Gasteiger partial charge in [0.2, 0.25) is 0 Å². The van der Waals surface area contributed by atoms with E-state index in [2.05, 4.69) is 20.8 Å². The smallest absolute Gasteiger partial charge is 0.309 e. The lowest BCUT2D eigenvalue weighted by Gasteiger charge is -2.34. The van der Waals surface area contributed by atoms with Gasteiger partial charge in [0, 0.05) is 0 Å². The van der Waals surface area contributed by atoms with Crippen molar-refractivity contribution in [2.24, 2.45) is 5.41 Å². The molecule has 0 aromatic rings. The van der Waals surface area contributed by atoms with Crippen LogP contribution in [0, 0.1) is 5.41 Å². The van der Waals surface area contributed by atoms with Crippen LogP contribution in [-0.4, -0.2) is 11.1 Å². The predicted molar refractivity (Wildman–Crippen MR) is 57.2 cm³/mol. The molecule has 1 aliphatic carbocycles. The molecule has 2 heteroatoms. The van der Waals surface area contributed by atoms with Crippen molar-refractivity contribution in [3.8, 4) is 0 Å². The second-order valence-electron chi connectivity index (χ2n) is 4.57. The second-order valence-corrected chi connectivity index (χ2v) is 4.57. The first-order chi connectivity index (χ1) is 6.52. The Balaban J connectivity index is 2.88. The van der Waals surface area contributed by atoms with Crippen LogP contribution in [0.15, 0.2) is 11.1 Å². The fourth-order valence-electron chi connectivity index (χ4n) is 2.37. The molecule has 0 saturated carbocycles. The van der Waals surface area contributed by atoms with Gasteiger partial charge in [0.1, 0.15) is 0 Å². The first-order valence-electron chi connectivity index (χ1n) is 5.40. The molecule has 0 saturated heterocycles. The first kappa shape index (κ1) is 11.3. The Hall–Kier alpha value is -0.790. The molecular weight excluding hydrogens is 176 g/mol. The molecule has 0 fully saturated rings. The average molecular weight is 196 g/mol. The lowest BCUT2D eigenvalue weighted by atomic mass is 9.69. The Kier molecular flexibility index (Phi) is 3.35. The summed E-state index contributed by atoms with van der Waals surface area (Å²) < 4.78 is 0. The fourth-order valence-corrected chi connectivity index (χ4v) is 2.37. The quantitative estimate of drug-likeness (QED) is 0.702. The summed E-state index contributed by atoms with van der Waals surface area (Å²) in [6, 6.07) is 0. The molecule has 1 N–H and O–H groups in total. The number of carboxylic acids is 1. The topological polar surface area (TPSA) is 37.3 Å². The number of allylic oxidation sites excluding steroid dienone is 2. The van der Waals surface area contributed by atoms with E-state index in [4.69, 9.17) is 0 Å². The first-order valence-corrected chi connectivity index (χ1v) is 5.40. The van der Waals surface area contributed by atoms with Gasteiger partial charge in [0.25, 0.3) is 0 Å². The van der Waals surface area contributed by atoms with Gasteiger partial charge < -0.3 is 5.11 Å². The summed E-state index contributed by atoms with van der Waals surface area (Å²) >= 11 is 0. The van der Waals surface area contributed by atoms with Crippen molar-refractivity contribution in [2.75, 3.05) is 0 Å². The van der Waals surface area contributed by atoms with Gasteiger partial charge >= 0.3 is 5.97 Å². The highest BCUT2D eigenvalue weighted by Gasteiger charge is 2.39. The molecule has 0 radical (unpaired) electrons. The van der Waals surface area contributed by atoms with E-state index in [-0.39, 0.29) is 0 Å². The molecule has 0 amide bonds. The molecule has 1 unspecified atom stereocenters. The molecule has 2 nitrogen and oxygen atoms in total. The molecule has 80 valence electrons. The fraction of sp³-hybridized carbons (Fsp3) is 0.750. The third-order valence-electron chi connectivity index (χ3n) is 3.49. The maximum absolute atomic E-state index is 11.3. The summed E-state index contributed by atoms with van der Waals surface area (Å²) in [5.41, 5.74) is 2.21. The van der Waals surface area contributed by atoms with Crippen molar-refractivity contribution in [1.29, 1.82) is 0 Å². The zero-order valence-corrected chi connectivity index (χ0v) is 9.39.